The predicted molar refractivity (Wildman–Crippen MR) is 112 cm³/mol. The summed E-state index contributed by atoms with van der Waals surface area (Å²) >= 11 is 6.28. The van der Waals surface area contributed by atoms with E-state index >= 15 is 0 Å². The number of benzene rings is 2. The third-order valence-corrected chi connectivity index (χ3v) is 5.62. The van der Waals surface area contributed by atoms with E-state index in [1.807, 2.05) is 17.0 Å². The Balaban J connectivity index is 1.41. The van der Waals surface area contributed by atoms with Gasteiger partial charge < -0.3 is 23.8 Å². The Kier molecular flexibility index (Phi) is 6.32. The van der Waals surface area contributed by atoms with Gasteiger partial charge in [0.25, 0.3) is 5.91 Å². The fourth-order valence-corrected chi connectivity index (χ4v) is 4.10. The summed E-state index contributed by atoms with van der Waals surface area (Å²) in [5, 5.41) is 0.679. The van der Waals surface area contributed by atoms with E-state index in [-0.39, 0.29) is 12.7 Å². The van der Waals surface area contributed by atoms with Gasteiger partial charge in [-0.2, -0.15) is 0 Å². The zero-order valence-electron chi connectivity index (χ0n) is 17.2. The molecule has 0 radical (unpaired) electrons. The van der Waals surface area contributed by atoms with E-state index < -0.39 is 0 Å². The van der Waals surface area contributed by atoms with Crippen LogP contribution in [0.5, 0.6) is 17.2 Å². The van der Waals surface area contributed by atoms with Crippen molar-refractivity contribution in [2.75, 3.05) is 47.2 Å². The molecule has 0 aromatic heterocycles. The van der Waals surface area contributed by atoms with Crippen LogP contribution in [0, 0.1) is 0 Å². The zero-order chi connectivity index (χ0) is 21.1. The molecule has 0 N–H and O–H groups in total. The lowest BCUT2D eigenvalue weighted by atomic mass is 10.1. The van der Waals surface area contributed by atoms with Crippen molar-refractivity contribution in [1.29, 1.82) is 0 Å². The number of ether oxygens (including phenoxy) is 4. The topological polar surface area (TPSA) is 60.5 Å². The number of hydrogen-bond donors (Lipinski definition) is 0. The average Bonchev–Trinajstić information content (AvgIpc) is 2.78. The summed E-state index contributed by atoms with van der Waals surface area (Å²) < 4.78 is 21.6. The van der Waals surface area contributed by atoms with Gasteiger partial charge >= 0.3 is 0 Å². The standard InChI is InChI=1S/C22H25ClN2O5/c1-27-19-9-15(10-20(11-19)28-2)22(26)25-5-3-24(4-6-25)12-16-7-18(23)8-17-13-29-14-30-21(16)17/h7-11H,3-6,12-14H2,1-2H3. The number of carbonyl (C=O) groups excluding carboxylic acids is 1. The van der Waals surface area contributed by atoms with Crippen molar-refractivity contribution in [1.82, 2.24) is 9.80 Å². The maximum atomic E-state index is 13.0. The minimum atomic E-state index is -0.0209. The van der Waals surface area contributed by atoms with Gasteiger partial charge in [-0.25, -0.2) is 0 Å². The number of halogens is 1. The number of rotatable bonds is 5. The Morgan fingerprint density at radius 1 is 1.03 bits per heavy atom. The molecule has 1 amide bonds. The van der Waals surface area contributed by atoms with Crippen LogP contribution in [-0.2, 0) is 17.9 Å². The summed E-state index contributed by atoms with van der Waals surface area (Å²) in [6.07, 6.45) is 0. The van der Waals surface area contributed by atoms with Gasteiger partial charge in [0.15, 0.2) is 6.79 Å². The Hall–Kier alpha value is -2.48. The first-order valence-corrected chi connectivity index (χ1v) is 10.2. The molecule has 0 atom stereocenters. The molecule has 0 aliphatic carbocycles. The summed E-state index contributed by atoms with van der Waals surface area (Å²) in [5.41, 5.74) is 2.60. The summed E-state index contributed by atoms with van der Waals surface area (Å²) in [5.74, 6) is 2.05. The first-order valence-electron chi connectivity index (χ1n) is 9.84. The number of methoxy groups -OCH3 is 2. The van der Waals surface area contributed by atoms with Gasteiger partial charge in [0, 0.05) is 60.5 Å². The van der Waals surface area contributed by atoms with Crippen LogP contribution in [0.15, 0.2) is 30.3 Å². The van der Waals surface area contributed by atoms with Crippen molar-refractivity contribution in [3.8, 4) is 17.2 Å². The van der Waals surface area contributed by atoms with Gasteiger partial charge in [0.05, 0.1) is 20.8 Å². The SMILES string of the molecule is COc1cc(OC)cc(C(=O)N2CCN(Cc3cc(Cl)cc4c3OCOC4)CC2)c1. The lowest BCUT2D eigenvalue weighted by Crippen LogP contribution is -2.48. The van der Waals surface area contributed by atoms with E-state index in [9.17, 15) is 4.79 Å². The van der Waals surface area contributed by atoms with Crippen LogP contribution in [-0.4, -0.2) is 62.9 Å². The summed E-state index contributed by atoms with van der Waals surface area (Å²) in [7, 11) is 3.15. The Morgan fingerprint density at radius 3 is 2.40 bits per heavy atom. The molecule has 160 valence electrons. The number of carbonyl (C=O) groups is 1. The monoisotopic (exact) mass is 432 g/mol. The van der Waals surface area contributed by atoms with Gasteiger partial charge in [-0.1, -0.05) is 11.6 Å². The third-order valence-electron chi connectivity index (χ3n) is 5.40. The molecule has 1 saturated heterocycles. The molecular weight excluding hydrogens is 408 g/mol. The molecule has 2 aromatic rings. The number of fused-ring (bicyclic) bond motifs is 1. The van der Waals surface area contributed by atoms with Gasteiger partial charge in [-0.15, -0.1) is 0 Å². The molecule has 4 rings (SSSR count). The van der Waals surface area contributed by atoms with Crippen molar-refractivity contribution in [3.63, 3.8) is 0 Å². The second-order valence-electron chi connectivity index (χ2n) is 7.33. The first kappa shape index (κ1) is 20.8. The summed E-state index contributed by atoms with van der Waals surface area (Å²) in [6, 6.07) is 9.08. The van der Waals surface area contributed by atoms with Crippen LogP contribution in [0.25, 0.3) is 0 Å². The smallest absolute Gasteiger partial charge is 0.254 e. The maximum Gasteiger partial charge on any atom is 0.254 e. The molecule has 0 spiro atoms. The molecule has 8 heteroatoms. The van der Waals surface area contributed by atoms with Gasteiger partial charge in [-0.05, 0) is 24.3 Å². The van der Waals surface area contributed by atoms with E-state index in [1.165, 1.54) is 0 Å². The maximum absolute atomic E-state index is 13.0. The molecule has 2 heterocycles. The number of nitrogens with zero attached hydrogens (tertiary/aromatic N) is 2. The molecule has 2 aromatic carbocycles. The molecule has 2 aliphatic heterocycles. The van der Waals surface area contributed by atoms with Crippen LogP contribution in [0.1, 0.15) is 21.5 Å². The lowest BCUT2D eigenvalue weighted by Gasteiger charge is -2.35. The lowest BCUT2D eigenvalue weighted by molar-refractivity contribution is -0.0176. The minimum absolute atomic E-state index is 0.0209. The molecule has 2 aliphatic rings. The normalized spacial score (nSPS) is 16.6. The molecule has 0 saturated carbocycles. The van der Waals surface area contributed by atoms with Crippen LogP contribution in [0.4, 0.5) is 0 Å². The molecule has 1 fully saturated rings. The molecule has 0 unspecified atom stereocenters. The van der Waals surface area contributed by atoms with Crippen LogP contribution >= 0.6 is 11.6 Å². The summed E-state index contributed by atoms with van der Waals surface area (Å²) in [6.45, 7) is 4.31. The van der Waals surface area contributed by atoms with Crippen molar-refractivity contribution >= 4 is 17.5 Å². The Bertz CT molecular complexity index is 906. The van der Waals surface area contributed by atoms with Crippen molar-refractivity contribution < 1.29 is 23.7 Å². The fourth-order valence-electron chi connectivity index (χ4n) is 3.84. The van der Waals surface area contributed by atoms with Crippen molar-refractivity contribution in [2.45, 2.75) is 13.2 Å². The Labute approximate surface area is 181 Å². The first-order chi connectivity index (χ1) is 14.6. The van der Waals surface area contributed by atoms with Crippen molar-refractivity contribution in [2.24, 2.45) is 0 Å². The molecule has 7 nitrogen and oxygen atoms in total. The fraction of sp³-hybridized carbons (Fsp3) is 0.409. The second kappa shape index (κ2) is 9.12. The number of amides is 1. The van der Waals surface area contributed by atoms with Gasteiger partial charge in [-0.3, -0.25) is 9.69 Å². The minimum Gasteiger partial charge on any atom is -0.497 e. The third kappa shape index (κ3) is 4.48. The Morgan fingerprint density at radius 2 is 1.73 bits per heavy atom. The highest BCUT2D eigenvalue weighted by atomic mass is 35.5. The van der Waals surface area contributed by atoms with E-state index in [0.717, 1.165) is 36.5 Å². The van der Waals surface area contributed by atoms with E-state index in [4.69, 9.17) is 30.5 Å². The number of piperazine rings is 1. The number of hydrogen-bond acceptors (Lipinski definition) is 6. The summed E-state index contributed by atoms with van der Waals surface area (Å²) in [4.78, 5) is 17.2. The zero-order valence-corrected chi connectivity index (χ0v) is 17.9. The van der Waals surface area contributed by atoms with Gasteiger partial charge in [0.1, 0.15) is 17.2 Å². The van der Waals surface area contributed by atoms with Crippen LogP contribution in [0.3, 0.4) is 0 Å². The highest BCUT2D eigenvalue weighted by Crippen LogP contribution is 2.32. The van der Waals surface area contributed by atoms with Crippen LogP contribution < -0.4 is 14.2 Å². The second-order valence-corrected chi connectivity index (χ2v) is 7.77. The van der Waals surface area contributed by atoms with E-state index in [1.54, 1.807) is 32.4 Å². The quantitative estimate of drug-likeness (QED) is 0.723. The largest absolute Gasteiger partial charge is 0.497 e. The van der Waals surface area contributed by atoms with E-state index in [2.05, 4.69) is 4.90 Å². The van der Waals surface area contributed by atoms with E-state index in [0.29, 0.717) is 41.8 Å². The molecule has 0 bridgehead atoms. The molecule has 30 heavy (non-hydrogen) atoms. The predicted octanol–water partition coefficient (Wildman–Crippen LogP) is 3.18. The highest BCUT2D eigenvalue weighted by molar-refractivity contribution is 6.30. The average molecular weight is 433 g/mol. The van der Waals surface area contributed by atoms with Crippen molar-refractivity contribution in [3.05, 3.63) is 52.0 Å². The van der Waals surface area contributed by atoms with Crippen LogP contribution in [0.2, 0.25) is 5.02 Å². The van der Waals surface area contributed by atoms with Gasteiger partial charge in [0.2, 0.25) is 0 Å². The highest BCUT2D eigenvalue weighted by Gasteiger charge is 2.25. The molecular formula is C22H25ClN2O5.